The van der Waals surface area contributed by atoms with Gasteiger partial charge in [-0.1, -0.05) is 9.91 Å². The lowest BCUT2D eigenvalue weighted by Gasteiger charge is -1.87. The van der Waals surface area contributed by atoms with Crippen molar-refractivity contribution in [2.45, 2.75) is 0 Å². The maximum atomic E-state index is 10.8. The largest absolute Gasteiger partial charge is 0.363 e. The molecule has 0 amide bonds. The predicted molar refractivity (Wildman–Crippen MR) is 22.9 cm³/mol. The van der Waals surface area contributed by atoms with Crippen LogP contribution in [0.15, 0.2) is 5.21 Å². The summed E-state index contributed by atoms with van der Waals surface area (Å²) in [5.41, 5.74) is 5.76. The first-order valence-electron chi connectivity index (χ1n) is 1.52. The minimum Gasteiger partial charge on any atom is -0.363 e. The van der Waals surface area contributed by atoms with E-state index in [0.29, 0.717) is 0 Å². The van der Waals surface area contributed by atoms with Gasteiger partial charge in [0.15, 0.2) is 5.03 Å². The van der Waals surface area contributed by atoms with E-state index in [2.05, 4.69) is 5.73 Å². The molecule has 0 aromatic heterocycles. The van der Waals surface area contributed by atoms with E-state index in [-0.39, 0.29) is 0 Å². The number of halogens is 1. The summed E-state index contributed by atoms with van der Waals surface area (Å²) in [6, 6.07) is 0. The molecule has 0 rings (SSSR count). The summed E-state index contributed by atoms with van der Waals surface area (Å²) in [5, 5.41) is 10.1. The standard InChI is InChI=1S/CH3FN4O2/c2-4-1(3)5-6(7)8/h(H3,3,4,5). The number of nitrogens with zero attached hydrogens (tertiary/aromatic N) is 2. The molecule has 0 radical (unpaired) electrons. The van der Waals surface area contributed by atoms with E-state index >= 15 is 0 Å². The molecule has 0 aliphatic rings. The average molecular weight is 122 g/mol. The molecule has 0 aromatic rings. The lowest BCUT2D eigenvalue weighted by atomic mass is 11.1. The summed E-state index contributed by atoms with van der Waals surface area (Å²) in [7, 11) is 0. The Bertz CT molecular complexity index is 121. The van der Waals surface area contributed by atoms with Crippen LogP contribution in [0.5, 0.6) is 0 Å². The van der Waals surface area contributed by atoms with Crippen LogP contribution in [0.1, 0.15) is 0 Å². The molecule has 0 spiro atoms. The number of rotatable bonds is 1. The van der Waals surface area contributed by atoms with Gasteiger partial charge >= 0.3 is 0 Å². The summed E-state index contributed by atoms with van der Waals surface area (Å²) in [4.78, 5) is 9.34. The number of hydrogen-bond donors (Lipinski definition) is 2. The van der Waals surface area contributed by atoms with Crippen LogP contribution in [-0.2, 0) is 0 Å². The van der Waals surface area contributed by atoms with Crippen molar-refractivity contribution in [1.29, 1.82) is 0 Å². The summed E-state index contributed by atoms with van der Waals surface area (Å²) in [6.45, 7) is 0. The van der Waals surface area contributed by atoms with Crippen molar-refractivity contribution in [2.75, 3.05) is 0 Å². The van der Waals surface area contributed by atoms with Crippen LogP contribution in [-0.4, -0.2) is 11.0 Å². The van der Waals surface area contributed by atoms with E-state index in [1.54, 1.807) is 5.21 Å². The Balaban J connectivity index is 3.56. The molecule has 0 unspecified atom stereocenters. The fraction of sp³-hybridized carbons (Fsp3) is 0. The van der Waals surface area contributed by atoms with Crippen LogP contribution in [0.4, 0.5) is 4.48 Å². The monoisotopic (exact) mass is 122 g/mol. The molecular weight excluding hydrogens is 119 g/mol. The van der Waals surface area contributed by atoms with Gasteiger partial charge in [-0.15, -0.1) is 0 Å². The molecule has 0 saturated heterocycles. The van der Waals surface area contributed by atoms with E-state index in [0.717, 1.165) is 0 Å². The molecule has 0 fully saturated rings. The minimum absolute atomic E-state index is 0.866. The van der Waals surface area contributed by atoms with Crippen LogP contribution < -0.4 is 11.2 Å². The predicted octanol–water partition coefficient (Wildman–Crippen LogP) is -1.03. The second kappa shape index (κ2) is 2.72. The Morgan fingerprint density at radius 3 is 2.62 bits per heavy atom. The highest BCUT2D eigenvalue weighted by Gasteiger charge is 1.95. The van der Waals surface area contributed by atoms with E-state index in [9.17, 15) is 14.6 Å². The first kappa shape index (κ1) is 6.60. The summed E-state index contributed by atoms with van der Waals surface area (Å²) >= 11 is 0. The maximum Gasteiger partial charge on any atom is 0.285 e. The topological polar surface area (TPSA) is 93.5 Å². The molecule has 0 bridgehead atoms. The zero-order valence-electron chi connectivity index (χ0n) is 3.67. The van der Waals surface area contributed by atoms with Gasteiger partial charge in [0.05, 0.1) is 0 Å². The molecule has 8 heavy (non-hydrogen) atoms. The van der Waals surface area contributed by atoms with Gasteiger partial charge in [0.2, 0.25) is 0 Å². The van der Waals surface area contributed by atoms with E-state index in [1.165, 1.54) is 5.43 Å². The summed E-state index contributed by atoms with van der Waals surface area (Å²) < 4.78 is 10.8. The molecule has 0 aromatic carbocycles. The SMILES string of the molecule is NC(=NF)N[N+](=O)[O-]. The zero-order valence-corrected chi connectivity index (χ0v) is 3.67. The first-order valence-corrected chi connectivity index (χ1v) is 1.52. The molecule has 0 atom stereocenters. The van der Waals surface area contributed by atoms with Crippen molar-refractivity contribution in [2.24, 2.45) is 10.9 Å². The first-order chi connectivity index (χ1) is 3.66. The van der Waals surface area contributed by atoms with Crippen molar-refractivity contribution in [3.05, 3.63) is 10.1 Å². The zero-order chi connectivity index (χ0) is 6.57. The molecule has 0 aliphatic heterocycles. The quantitative estimate of drug-likeness (QED) is 0.201. The third-order valence-corrected chi connectivity index (χ3v) is 0.297. The van der Waals surface area contributed by atoms with Crippen molar-refractivity contribution in [3.63, 3.8) is 0 Å². The van der Waals surface area contributed by atoms with Crippen molar-refractivity contribution in [1.82, 2.24) is 5.43 Å². The fourth-order valence-corrected chi connectivity index (χ4v) is 0.112. The van der Waals surface area contributed by atoms with E-state index in [1.807, 2.05) is 0 Å². The number of hydrogen-bond acceptors (Lipinski definition) is 3. The maximum absolute atomic E-state index is 10.8. The van der Waals surface area contributed by atoms with E-state index in [4.69, 9.17) is 0 Å². The number of nitrogens with two attached hydrogens (primary N) is 1. The third kappa shape index (κ3) is 2.82. The summed E-state index contributed by atoms with van der Waals surface area (Å²) in [5.74, 6) is -0.866. The van der Waals surface area contributed by atoms with Crippen LogP contribution in [0.2, 0.25) is 0 Å². The van der Waals surface area contributed by atoms with Crippen LogP contribution >= 0.6 is 0 Å². The Hall–Kier alpha value is -1.40. The highest BCUT2D eigenvalue weighted by molar-refractivity contribution is 5.75. The number of hydrazine groups is 1. The second-order valence-corrected chi connectivity index (χ2v) is 0.839. The Kier molecular flexibility index (Phi) is 2.24. The van der Waals surface area contributed by atoms with Gasteiger partial charge in [0.1, 0.15) is 0 Å². The molecule has 0 heterocycles. The van der Waals surface area contributed by atoms with Crippen molar-refractivity contribution < 1.29 is 9.51 Å². The van der Waals surface area contributed by atoms with Gasteiger partial charge in [0, 0.05) is 0 Å². The smallest absolute Gasteiger partial charge is 0.285 e. The Morgan fingerprint density at radius 2 is 2.50 bits per heavy atom. The van der Waals surface area contributed by atoms with Crippen molar-refractivity contribution in [3.8, 4) is 0 Å². The van der Waals surface area contributed by atoms with Crippen LogP contribution in [0, 0.1) is 10.1 Å². The Morgan fingerprint density at radius 1 is 2.00 bits per heavy atom. The number of guanidine groups is 1. The highest BCUT2D eigenvalue weighted by Crippen LogP contribution is 1.64. The van der Waals surface area contributed by atoms with Gasteiger partial charge in [-0.3, -0.25) is 0 Å². The van der Waals surface area contributed by atoms with Crippen LogP contribution in [0.25, 0.3) is 0 Å². The molecule has 0 saturated carbocycles. The van der Waals surface area contributed by atoms with Crippen molar-refractivity contribution >= 4 is 5.96 Å². The molecule has 3 N–H and O–H groups in total. The van der Waals surface area contributed by atoms with Gasteiger partial charge in [-0.2, -0.15) is 0 Å². The molecule has 7 heteroatoms. The molecule has 6 nitrogen and oxygen atoms in total. The lowest BCUT2D eigenvalue weighted by Crippen LogP contribution is -2.35. The van der Waals surface area contributed by atoms with Crippen LogP contribution in [0.3, 0.4) is 0 Å². The van der Waals surface area contributed by atoms with Gasteiger partial charge in [-0.05, 0) is 5.21 Å². The molecule has 0 aliphatic carbocycles. The average Bonchev–Trinajstić information content (AvgIpc) is 1.65. The van der Waals surface area contributed by atoms with E-state index < -0.39 is 11.0 Å². The third-order valence-electron chi connectivity index (χ3n) is 0.297. The van der Waals surface area contributed by atoms with Gasteiger partial charge in [0.25, 0.3) is 5.96 Å². The van der Waals surface area contributed by atoms with Gasteiger partial charge < -0.3 is 5.73 Å². The molecular formula is CH3FN4O2. The number of nitro groups is 1. The van der Waals surface area contributed by atoms with Gasteiger partial charge in [-0.25, -0.2) is 10.1 Å². The highest BCUT2D eigenvalue weighted by atomic mass is 19.2. The molecule has 46 valence electrons. The Labute approximate surface area is 43.2 Å². The second-order valence-electron chi connectivity index (χ2n) is 0.839. The number of nitrogens with one attached hydrogen (secondary N) is 1. The summed E-state index contributed by atoms with van der Waals surface area (Å²) in [6.07, 6.45) is 0. The fourth-order valence-electron chi connectivity index (χ4n) is 0.112. The lowest BCUT2D eigenvalue weighted by molar-refractivity contribution is -0.525. The normalized spacial score (nSPS) is 10.9. The minimum atomic E-state index is -1.02.